The fourth-order valence-electron chi connectivity index (χ4n) is 1.70. The Morgan fingerprint density at radius 2 is 2.22 bits per heavy atom. The van der Waals surface area contributed by atoms with Gasteiger partial charge in [0.25, 0.3) is 0 Å². The standard InChI is InChI=1S/C10H18N2O4S2/c1-7-12(8(6-17-7)9(13)14)10(15)11-4-3-5-18(2)16/h7-8H,3-6H2,1-2H3,(H,11,15)(H,13,14). The lowest BCUT2D eigenvalue weighted by Crippen LogP contribution is -2.49. The van der Waals surface area contributed by atoms with Crippen molar-refractivity contribution in [3.05, 3.63) is 0 Å². The second-order valence-corrected chi connectivity index (χ2v) is 6.96. The Morgan fingerprint density at radius 3 is 2.78 bits per heavy atom. The van der Waals surface area contributed by atoms with Crippen molar-refractivity contribution in [3.63, 3.8) is 0 Å². The van der Waals surface area contributed by atoms with Crippen molar-refractivity contribution >= 4 is 34.6 Å². The van der Waals surface area contributed by atoms with Gasteiger partial charge >= 0.3 is 12.0 Å². The molecule has 0 aromatic heterocycles. The Bertz CT molecular complexity index is 351. The van der Waals surface area contributed by atoms with E-state index in [0.29, 0.717) is 24.5 Å². The molecule has 0 bridgehead atoms. The predicted octanol–water partition coefficient (Wildman–Crippen LogP) is 0.313. The average Bonchev–Trinajstić information content (AvgIpc) is 2.66. The average molecular weight is 294 g/mol. The third-order valence-corrected chi connectivity index (χ3v) is 4.71. The quantitative estimate of drug-likeness (QED) is 0.713. The van der Waals surface area contributed by atoms with Gasteiger partial charge in [-0.15, -0.1) is 11.8 Å². The maximum Gasteiger partial charge on any atom is 0.327 e. The van der Waals surface area contributed by atoms with E-state index in [9.17, 15) is 13.8 Å². The Labute approximate surface area is 113 Å². The molecule has 0 aromatic carbocycles. The molecule has 0 saturated carbocycles. The summed E-state index contributed by atoms with van der Waals surface area (Å²) in [6.07, 6.45) is 2.24. The lowest BCUT2D eigenvalue weighted by Gasteiger charge is -2.25. The van der Waals surface area contributed by atoms with Gasteiger partial charge in [-0.05, 0) is 13.3 Å². The fourth-order valence-corrected chi connectivity index (χ4v) is 3.42. The SMILES string of the molecule is CC1SCC(C(=O)O)N1C(=O)NCCCS(C)=O. The Kier molecular flexibility index (Phi) is 5.94. The number of thioether (sulfide) groups is 1. The van der Waals surface area contributed by atoms with Crippen LogP contribution in [0.5, 0.6) is 0 Å². The monoisotopic (exact) mass is 294 g/mol. The van der Waals surface area contributed by atoms with Crippen LogP contribution in [0.25, 0.3) is 0 Å². The number of carboxylic acids is 1. The molecule has 1 rings (SSSR count). The van der Waals surface area contributed by atoms with Crippen molar-refractivity contribution in [1.82, 2.24) is 10.2 Å². The van der Waals surface area contributed by atoms with Gasteiger partial charge in [0.1, 0.15) is 6.04 Å². The van der Waals surface area contributed by atoms with E-state index in [2.05, 4.69) is 5.32 Å². The summed E-state index contributed by atoms with van der Waals surface area (Å²) in [5, 5.41) is 11.6. The first kappa shape index (κ1) is 15.3. The Morgan fingerprint density at radius 1 is 1.56 bits per heavy atom. The van der Waals surface area contributed by atoms with E-state index in [1.54, 1.807) is 6.26 Å². The van der Waals surface area contributed by atoms with Crippen molar-refractivity contribution < 1.29 is 18.9 Å². The number of amides is 2. The first-order valence-corrected chi connectivity index (χ1v) is 8.41. The second-order valence-electron chi connectivity index (χ2n) is 4.06. The maximum atomic E-state index is 11.9. The number of rotatable bonds is 5. The molecule has 6 nitrogen and oxygen atoms in total. The van der Waals surface area contributed by atoms with Gasteiger partial charge in [-0.3, -0.25) is 9.11 Å². The van der Waals surface area contributed by atoms with E-state index in [4.69, 9.17) is 5.11 Å². The van der Waals surface area contributed by atoms with Crippen LogP contribution in [-0.4, -0.2) is 61.9 Å². The van der Waals surface area contributed by atoms with E-state index < -0.39 is 22.8 Å². The molecular formula is C10H18N2O4S2. The van der Waals surface area contributed by atoms with Crippen LogP contribution >= 0.6 is 11.8 Å². The number of hydrogen-bond acceptors (Lipinski definition) is 4. The van der Waals surface area contributed by atoms with Gasteiger partial charge in [0.15, 0.2) is 0 Å². The molecule has 3 atom stereocenters. The third kappa shape index (κ3) is 4.16. The number of nitrogens with one attached hydrogen (secondary N) is 1. The second kappa shape index (κ2) is 6.98. The highest BCUT2D eigenvalue weighted by atomic mass is 32.2. The molecule has 2 N–H and O–H groups in total. The molecule has 1 saturated heterocycles. The van der Waals surface area contributed by atoms with Gasteiger partial charge in [0.05, 0.1) is 5.37 Å². The van der Waals surface area contributed by atoms with Crippen molar-refractivity contribution in [3.8, 4) is 0 Å². The highest BCUT2D eigenvalue weighted by molar-refractivity contribution is 8.00. The number of carbonyl (C=O) groups is 2. The largest absolute Gasteiger partial charge is 0.480 e. The first-order chi connectivity index (χ1) is 8.43. The van der Waals surface area contributed by atoms with Crippen LogP contribution in [0.4, 0.5) is 4.79 Å². The number of carbonyl (C=O) groups excluding carboxylic acids is 1. The summed E-state index contributed by atoms with van der Waals surface area (Å²) < 4.78 is 10.8. The van der Waals surface area contributed by atoms with Crippen LogP contribution in [0.3, 0.4) is 0 Å². The Balaban J connectivity index is 2.44. The van der Waals surface area contributed by atoms with Crippen molar-refractivity contribution in [2.45, 2.75) is 24.8 Å². The zero-order chi connectivity index (χ0) is 13.7. The normalized spacial score (nSPS) is 24.9. The van der Waals surface area contributed by atoms with E-state index >= 15 is 0 Å². The van der Waals surface area contributed by atoms with Gasteiger partial charge < -0.3 is 10.4 Å². The van der Waals surface area contributed by atoms with Crippen molar-refractivity contribution in [1.29, 1.82) is 0 Å². The summed E-state index contributed by atoms with van der Waals surface area (Å²) in [5.74, 6) is -0.0211. The lowest BCUT2D eigenvalue weighted by atomic mass is 10.3. The fraction of sp³-hybridized carbons (Fsp3) is 0.800. The van der Waals surface area contributed by atoms with Gasteiger partial charge in [0.2, 0.25) is 0 Å². The highest BCUT2D eigenvalue weighted by Crippen LogP contribution is 2.28. The molecule has 0 aliphatic carbocycles. The molecule has 1 aliphatic rings. The van der Waals surface area contributed by atoms with Crippen LogP contribution in [0.2, 0.25) is 0 Å². The van der Waals surface area contributed by atoms with Crippen LogP contribution in [0, 0.1) is 0 Å². The summed E-state index contributed by atoms with van der Waals surface area (Å²) in [5.41, 5.74) is 0. The van der Waals surface area contributed by atoms with E-state index in [1.165, 1.54) is 16.7 Å². The highest BCUT2D eigenvalue weighted by Gasteiger charge is 2.39. The molecule has 1 aliphatic heterocycles. The zero-order valence-corrected chi connectivity index (χ0v) is 12.1. The molecule has 3 unspecified atom stereocenters. The van der Waals surface area contributed by atoms with Crippen molar-refractivity contribution in [2.24, 2.45) is 0 Å². The molecule has 2 amide bonds. The zero-order valence-electron chi connectivity index (χ0n) is 10.4. The van der Waals surface area contributed by atoms with Gasteiger partial charge in [-0.2, -0.15) is 0 Å². The number of hydrogen-bond donors (Lipinski definition) is 2. The molecule has 1 heterocycles. The smallest absolute Gasteiger partial charge is 0.327 e. The molecule has 8 heteroatoms. The maximum absolute atomic E-state index is 11.9. The summed E-state index contributed by atoms with van der Waals surface area (Å²) in [6.45, 7) is 2.23. The van der Waals surface area contributed by atoms with Gasteiger partial charge in [0, 0.05) is 35.1 Å². The van der Waals surface area contributed by atoms with Crippen LogP contribution in [0.15, 0.2) is 0 Å². The molecule has 1 fully saturated rings. The summed E-state index contributed by atoms with van der Waals surface area (Å²) >= 11 is 1.45. The molecule has 0 spiro atoms. The minimum absolute atomic E-state index is 0.133. The van der Waals surface area contributed by atoms with E-state index in [1.807, 2.05) is 6.92 Å². The minimum Gasteiger partial charge on any atom is -0.480 e. The molecule has 18 heavy (non-hydrogen) atoms. The van der Waals surface area contributed by atoms with Crippen molar-refractivity contribution in [2.75, 3.05) is 24.3 Å². The Hall–Kier alpha value is -0.760. The number of carboxylic acid groups (broad SMARTS) is 1. The van der Waals surface area contributed by atoms with Gasteiger partial charge in [-0.25, -0.2) is 9.59 Å². The number of nitrogens with zero attached hydrogens (tertiary/aromatic N) is 1. The molecule has 104 valence electrons. The minimum atomic E-state index is -0.975. The predicted molar refractivity (Wildman–Crippen MR) is 72.1 cm³/mol. The van der Waals surface area contributed by atoms with Crippen LogP contribution in [0.1, 0.15) is 13.3 Å². The van der Waals surface area contributed by atoms with E-state index in [0.717, 1.165) is 0 Å². The summed E-state index contributed by atoms with van der Waals surface area (Å²) in [6, 6.07) is -1.12. The molecule has 0 aromatic rings. The van der Waals surface area contributed by atoms with E-state index in [-0.39, 0.29) is 11.4 Å². The van der Waals surface area contributed by atoms with Crippen LogP contribution < -0.4 is 5.32 Å². The molecular weight excluding hydrogens is 276 g/mol. The summed E-state index contributed by atoms with van der Waals surface area (Å²) in [7, 11) is -0.867. The number of urea groups is 1. The number of aliphatic carboxylic acids is 1. The van der Waals surface area contributed by atoms with Crippen LogP contribution in [-0.2, 0) is 15.6 Å². The summed E-state index contributed by atoms with van der Waals surface area (Å²) in [4.78, 5) is 24.2. The van der Waals surface area contributed by atoms with Gasteiger partial charge in [-0.1, -0.05) is 0 Å². The third-order valence-electron chi connectivity index (χ3n) is 2.63. The first-order valence-electron chi connectivity index (χ1n) is 5.64. The molecule has 0 radical (unpaired) electrons. The topological polar surface area (TPSA) is 86.7 Å². The lowest BCUT2D eigenvalue weighted by molar-refractivity contribution is -0.141.